The lowest BCUT2D eigenvalue weighted by Crippen LogP contribution is -2.54. The number of nitrogens with zero attached hydrogens (tertiary/aromatic N) is 2. The Morgan fingerprint density at radius 2 is 1.71 bits per heavy atom. The van der Waals surface area contributed by atoms with Gasteiger partial charge in [0.1, 0.15) is 11.0 Å². The van der Waals surface area contributed by atoms with Crippen molar-refractivity contribution in [2.75, 3.05) is 31.1 Å². The number of fused-ring (bicyclic) bond motifs is 2. The van der Waals surface area contributed by atoms with Crippen LogP contribution < -0.4 is 4.90 Å². The highest BCUT2D eigenvalue weighted by atomic mass is 79.9. The zero-order valence-electron chi connectivity index (χ0n) is 16.1. The van der Waals surface area contributed by atoms with Gasteiger partial charge in [0.15, 0.2) is 5.82 Å². The lowest BCUT2D eigenvalue weighted by Gasteiger charge is -2.44. The molecule has 31 heavy (non-hydrogen) atoms. The van der Waals surface area contributed by atoms with Crippen molar-refractivity contribution in [1.82, 2.24) is 3.93 Å². The molecule has 0 radical (unpaired) electrons. The van der Waals surface area contributed by atoms with Crippen molar-refractivity contribution in [3.8, 4) is 0 Å². The molecule has 0 N–H and O–H groups in total. The van der Waals surface area contributed by atoms with Crippen LogP contribution in [0.2, 0.25) is 10.0 Å². The zero-order valence-corrected chi connectivity index (χ0v) is 19.2. The van der Waals surface area contributed by atoms with Crippen LogP contribution in [0.4, 0.5) is 23.2 Å². The number of benzene rings is 2. The third kappa shape index (κ3) is 3.29. The SMILES string of the molecule is Fc1c(Cl)cc(C2(C(F)(F)F)CCN(c3ccc4c(c3)COC43CN(Br)C3)C2)cc1Cl. The summed E-state index contributed by atoms with van der Waals surface area (Å²) in [6, 6.07) is 7.81. The summed E-state index contributed by atoms with van der Waals surface area (Å²) in [6.45, 7) is 1.80. The predicted molar refractivity (Wildman–Crippen MR) is 114 cm³/mol. The molecule has 2 aromatic rings. The second kappa shape index (κ2) is 7.22. The Hall–Kier alpha value is -1.06. The van der Waals surface area contributed by atoms with Gasteiger partial charge in [0, 0.05) is 48.0 Å². The molecule has 3 nitrogen and oxygen atoms in total. The van der Waals surface area contributed by atoms with E-state index in [1.807, 2.05) is 22.1 Å². The Bertz CT molecular complexity index is 1040. The highest BCUT2D eigenvalue weighted by molar-refractivity contribution is 9.07. The number of rotatable bonds is 2. The second-order valence-electron chi connectivity index (χ2n) is 8.41. The first-order valence-corrected chi connectivity index (χ1v) is 11.2. The van der Waals surface area contributed by atoms with Crippen molar-refractivity contribution < 1.29 is 22.3 Å². The van der Waals surface area contributed by atoms with E-state index in [1.54, 1.807) is 4.90 Å². The Kier molecular flexibility index (Phi) is 5.07. The molecule has 0 amide bonds. The van der Waals surface area contributed by atoms with Crippen LogP contribution in [0.3, 0.4) is 0 Å². The predicted octanol–water partition coefficient (Wildman–Crippen LogP) is 6.19. The number of halogens is 7. The molecule has 3 heterocycles. The topological polar surface area (TPSA) is 15.7 Å². The number of ether oxygens (including phenoxy) is 1. The standard InChI is InChI=1S/C21H17BrCl2F4N2O/c22-30-10-20(11-30)15-2-1-14(5-12(15)8-31-20)29-4-3-19(9-29,21(26,27)28)13-6-16(23)18(25)17(24)7-13/h1-2,5-7H,3-4,8-11H2. The Morgan fingerprint density at radius 3 is 2.32 bits per heavy atom. The van der Waals surface area contributed by atoms with Gasteiger partial charge >= 0.3 is 6.18 Å². The summed E-state index contributed by atoms with van der Waals surface area (Å²) in [5.74, 6) is -0.912. The van der Waals surface area contributed by atoms with E-state index < -0.39 is 27.5 Å². The van der Waals surface area contributed by atoms with Crippen molar-refractivity contribution in [3.63, 3.8) is 0 Å². The highest BCUT2D eigenvalue weighted by Gasteiger charge is 2.59. The van der Waals surface area contributed by atoms with E-state index >= 15 is 0 Å². The van der Waals surface area contributed by atoms with Crippen molar-refractivity contribution in [2.45, 2.75) is 30.2 Å². The maximum atomic E-state index is 14.3. The maximum absolute atomic E-state index is 14.3. The smallest absolute Gasteiger partial charge is 0.370 e. The first kappa shape index (κ1) is 21.8. The molecule has 1 unspecified atom stereocenters. The van der Waals surface area contributed by atoms with Crippen LogP contribution in [0.5, 0.6) is 0 Å². The molecule has 0 aliphatic carbocycles. The number of hydrogen-bond donors (Lipinski definition) is 0. The first-order chi connectivity index (χ1) is 14.5. The molecule has 2 saturated heterocycles. The summed E-state index contributed by atoms with van der Waals surface area (Å²) in [5, 5.41) is -0.822. The molecule has 3 aliphatic rings. The normalized spacial score (nSPS) is 25.2. The zero-order chi connectivity index (χ0) is 22.2. The maximum Gasteiger partial charge on any atom is 0.400 e. The molecular weight excluding hydrogens is 523 g/mol. The summed E-state index contributed by atoms with van der Waals surface area (Å²) in [6.07, 6.45) is -4.73. The number of alkyl halides is 3. The van der Waals surface area contributed by atoms with Gasteiger partial charge in [-0.15, -0.1) is 0 Å². The monoisotopic (exact) mass is 538 g/mol. The van der Waals surface area contributed by atoms with E-state index in [1.165, 1.54) is 0 Å². The van der Waals surface area contributed by atoms with Crippen molar-refractivity contribution in [1.29, 1.82) is 0 Å². The summed E-state index contributed by atoms with van der Waals surface area (Å²) < 4.78 is 64.8. The third-order valence-corrected chi connectivity index (χ3v) is 7.70. The van der Waals surface area contributed by atoms with Gasteiger partial charge in [0.05, 0.1) is 16.7 Å². The van der Waals surface area contributed by atoms with Gasteiger partial charge in [-0.2, -0.15) is 13.2 Å². The Labute approximate surface area is 195 Å². The summed E-state index contributed by atoms with van der Waals surface area (Å²) in [4.78, 5) is 1.71. The molecule has 5 rings (SSSR count). The average molecular weight is 540 g/mol. The number of anilines is 1. The molecule has 0 bridgehead atoms. The van der Waals surface area contributed by atoms with Gasteiger partial charge in [0.2, 0.25) is 0 Å². The summed E-state index contributed by atoms with van der Waals surface area (Å²) in [5.41, 5.74) is 0.157. The first-order valence-electron chi connectivity index (χ1n) is 9.69. The highest BCUT2D eigenvalue weighted by Crippen LogP contribution is 2.51. The minimum absolute atomic E-state index is 0.116. The summed E-state index contributed by atoms with van der Waals surface area (Å²) >= 11 is 15.1. The van der Waals surface area contributed by atoms with Crippen LogP contribution in [-0.2, 0) is 22.4 Å². The minimum atomic E-state index is -4.55. The molecule has 166 valence electrons. The van der Waals surface area contributed by atoms with E-state index in [-0.39, 0.29) is 30.7 Å². The molecule has 1 spiro atoms. The van der Waals surface area contributed by atoms with Crippen molar-refractivity contribution in [2.24, 2.45) is 0 Å². The van der Waals surface area contributed by atoms with Gasteiger partial charge in [-0.25, -0.2) is 8.32 Å². The van der Waals surface area contributed by atoms with E-state index in [0.29, 0.717) is 12.3 Å². The van der Waals surface area contributed by atoms with E-state index in [2.05, 4.69) is 16.1 Å². The van der Waals surface area contributed by atoms with Crippen molar-refractivity contribution >= 4 is 45.0 Å². The fourth-order valence-corrected chi connectivity index (χ4v) is 6.19. The van der Waals surface area contributed by atoms with E-state index in [9.17, 15) is 17.6 Å². The Balaban J connectivity index is 1.48. The van der Waals surface area contributed by atoms with Crippen LogP contribution in [0.25, 0.3) is 0 Å². The van der Waals surface area contributed by atoms with E-state index in [4.69, 9.17) is 27.9 Å². The molecule has 0 aromatic heterocycles. The van der Waals surface area contributed by atoms with Gasteiger partial charge in [-0.3, -0.25) is 0 Å². The summed E-state index contributed by atoms with van der Waals surface area (Å²) in [7, 11) is 0. The molecule has 2 fully saturated rings. The van der Waals surface area contributed by atoms with Crippen LogP contribution in [0, 0.1) is 5.82 Å². The van der Waals surface area contributed by atoms with Gasteiger partial charge in [0.25, 0.3) is 0 Å². The fraction of sp³-hybridized carbons (Fsp3) is 0.429. The fourth-order valence-electron chi connectivity index (χ4n) is 4.90. The van der Waals surface area contributed by atoms with E-state index in [0.717, 1.165) is 36.3 Å². The quantitative estimate of drug-likeness (QED) is 0.257. The van der Waals surface area contributed by atoms with Gasteiger partial charge in [-0.05, 0) is 47.4 Å². The van der Waals surface area contributed by atoms with Crippen LogP contribution >= 0.6 is 39.3 Å². The van der Waals surface area contributed by atoms with Crippen LogP contribution in [0.15, 0.2) is 30.3 Å². The van der Waals surface area contributed by atoms with Crippen molar-refractivity contribution in [3.05, 3.63) is 62.9 Å². The van der Waals surface area contributed by atoms with Crippen LogP contribution in [-0.4, -0.2) is 36.3 Å². The van der Waals surface area contributed by atoms with Gasteiger partial charge in [-0.1, -0.05) is 29.3 Å². The Morgan fingerprint density at radius 1 is 1.03 bits per heavy atom. The molecule has 3 aliphatic heterocycles. The lowest BCUT2D eigenvalue weighted by atomic mass is 9.79. The molecule has 10 heteroatoms. The molecule has 2 aromatic carbocycles. The largest absolute Gasteiger partial charge is 0.400 e. The average Bonchev–Trinajstić information content (AvgIpc) is 3.29. The lowest BCUT2D eigenvalue weighted by molar-refractivity contribution is -0.184. The van der Waals surface area contributed by atoms with Gasteiger partial charge < -0.3 is 9.64 Å². The molecule has 1 atom stereocenters. The second-order valence-corrected chi connectivity index (χ2v) is 10.2. The minimum Gasteiger partial charge on any atom is -0.370 e. The molecule has 0 saturated carbocycles. The third-order valence-electron chi connectivity index (χ3n) is 6.65. The number of hydrogen-bond acceptors (Lipinski definition) is 3. The molecular formula is C21H17BrCl2F4N2O. The van der Waals surface area contributed by atoms with Crippen LogP contribution in [0.1, 0.15) is 23.1 Å².